The topological polar surface area (TPSA) is 105 Å². The molecule has 4 amide bonds. The highest BCUT2D eigenvalue weighted by Crippen LogP contribution is 2.24. The molecule has 1 atom stereocenters. The first-order valence-corrected chi connectivity index (χ1v) is 8.62. The Hall–Kier alpha value is -2.97. The largest absolute Gasteiger partial charge is 0.451 e. The SMILES string of the molecule is CCC1(CC)NC(=O)N(CC(=O)O[C@@H](C)C(=O)Nc2cccc(F)c2)C1=O. The molecule has 9 heteroatoms. The molecule has 146 valence electrons. The number of hydrogen-bond donors (Lipinski definition) is 2. The summed E-state index contributed by atoms with van der Waals surface area (Å²) >= 11 is 0. The third kappa shape index (κ3) is 4.42. The van der Waals surface area contributed by atoms with Crippen LogP contribution in [0.3, 0.4) is 0 Å². The molecule has 1 aliphatic heterocycles. The molecule has 0 radical (unpaired) electrons. The summed E-state index contributed by atoms with van der Waals surface area (Å²) in [6, 6.07) is 4.58. The third-order valence-electron chi connectivity index (χ3n) is 4.51. The van der Waals surface area contributed by atoms with E-state index < -0.39 is 47.8 Å². The average molecular weight is 379 g/mol. The minimum absolute atomic E-state index is 0.215. The van der Waals surface area contributed by atoms with Gasteiger partial charge in [-0.2, -0.15) is 0 Å². The molecular formula is C18H22FN3O5. The molecular weight excluding hydrogens is 357 g/mol. The van der Waals surface area contributed by atoms with Gasteiger partial charge in [-0.1, -0.05) is 19.9 Å². The van der Waals surface area contributed by atoms with E-state index in [-0.39, 0.29) is 5.69 Å². The van der Waals surface area contributed by atoms with Crippen molar-refractivity contribution in [2.45, 2.75) is 45.3 Å². The molecule has 8 nitrogen and oxygen atoms in total. The second-order valence-electron chi connectivity index (χ2n) is 6.24. The van der Waals surface area contributed by atoms with Crippen LogP contribution in [-0.4, -0.2) is 46.9 Å². The highest BCUT2D eigenvalue weighted by atomic mass is 19.1. The lowest BCUT2D eigenvalue weighted by Crippen LogP contribution is -2.46. The second-order valence-corrected chi connectivity index (χ2v) is 6.24. The molecule has 1 aliphatic rings. The Kier molecular flexibility index (Phi) is 6.14. The van der Waals surface area contributed by atoms with Crippen LogP contribution in [-0.2, 0) is 19.1 Å². The first-order valence-electron chi connectivity index (χ1n) is 8.62. The molecule has 1 fully saturated rings. The van der Waals surface area contributed by atoms with Gasteiger partial charge in [0.2, 0.25) is 0 Å². The maximum atomic E-state index is 13.1. The highest BCUT2D eigenvalue weighted by Gasteiger charge is 2.49. The number of amides is 4. The van der Waals surface area contributed by atoms with Gasteiger partial charge in [0.05, 0.1) is 0 Å². The summed E-state index contributed by atoms with van der Waals surface area (Å²) in [5.41, 5.74) is -0.801. The number of halogens is 1. The van der Waals surface area contributed by atoms with Gasteiger partial charge in [0.25, 0.3) is 11.8 Å². The summed E-state index contributed by atoms with van der Waals surface area (Å²) in [5.74, 6) is -2.58. The van der Waals surface area contributed by atoms with Crippen LogP contribution in [0.5, 0.6) is 0 Å². The smallest absolute Gasteiger partial charge is 0.327 e. The number of carbonyl (C=O) groups is 4. The zero-order valence-corrected chi connectivity index (χ0v) is 15.4. The molecule has 27 heavy (non-hydrogen) atoms. The summed E-state index contributed by atoms with van der Waals surface area (Å²) in [5, 5.41) is 5.02. The lowest BCUT2D eigenvalue weighted by Gasteiger charge is -2.23. The Morgan fingerprint density at radius 2 is 1.96 bits per heavy atom. The molecule has 0 aliphatic carbocycles. The van der Waals surface area contributed by atoms with Gasteiger partial charge in [-0.25, -0.2) is 9.18 Å². The number of rotatable bonds is 7. The Morgan fingerprint density at radius 3 is 2.52 bits per heavy atom. The Morgan fingerprint density at radius 1 is 1.30 bits per heavy atom. The number of benzene rings is 1. The van der Waals surface area contributed by atoms with Gasteiger partial charge in [0, 0.05) is 5.69 Å². The molecule has 2 rings (SSSR count). The molecule has 1 aromatic carbocycles. The standard InChI is InChI=1S/C18H22FN3O5/c1-4-18(5-2)16(25)22(17(26)21-18)10-14(23)27-11(3)15(24)20-13-8-6-7-12(19)9-13/h6-9,11H,4-5,10H2,1-3H3,(H,20,24)(H,21,26)/t11-/m0/s1. The number of esters is 1. The summed E-state index contributed by atoms with van der Waals surface area (Å²) in [6.07, 6.45) is -0.401. The maximum Gasteiger partial charge on any atom is 0.327 e. The molecule has 0 aromatic heterocycles. The highest BCUT2D eigenvalue weighted by molar-refractivity contribution is 6.08. The first kappa shape index (κ1) is 20.3. The van der Waals surface area contributed by atoms with Crippen molar-refractivity contribution in [2.24, 2.45) is 0 Å². The molecule has 0 spiro atoms. The van der Waals surface area contributed by atoms with Gasteiger partial charge in [0.1, 0.15) is 17.9 Å². The third-order valence-corrected chi connectivity index (χ3v) is 4.51. The van der Waals surface area contributed by atoms with Gasteiger partial charge >= 0.3 is 12.0 Å². The van der Waals surface area contributed by atoms with Crippen molar-refractivity contribution in [3.63, 3.8) is 0 Å². The molecule has 1 saturated heterocycles. The zero-order chi connectivity index (χ0) is 20.2. The van der Waals surface area contributed by atoms with Crippen molar-refractivity contribution in [1.29, 1.82) is 0 Å². The van der Waals surface area contributed by atoms with Crippen LogP contribution in [0.2, 0.25) is 0 Å². The number of ether oxygens (including phenoxy) is 1. The summed E-state index contributed by atoms with van der Waals surface area (Å²) < 4.78 is 18.1. The van der Waals surface area contributed by atoms with Crippen LogP contribution in [0.4, 0.5) is 14.9 Å². The number of hydrogen-bond acceptors (Lipinski definition) is 5. The van der Waals surface area contributed by atoms with Gasteiger partial charge < -0.3 is 15.4 Å². The van der Waals surface area contributed by atoms with Gasteiger partial charge in [-0.3, -0.25) is 19.3 Å². The quantitative estimate of drug-likeness (QED) is 0.555. The van der Waals surface area contributed by atoms with Crippen LogP contribution >= 0.6 is 0 Å². The second kappa shape index (κ2) is 8.15. The molecule has 1 heterocycles. The van der Waals surface area contributed by atoms with E-state index in [2.05, 4.69) is 10.6 Å². The fourth-order valence-corrected chi connectivity index (χ4v) is 2.78. The number of urea groups is 1. The van der Waals surface area contributed by atoms with Gasteiger partial charge in [-0.15, -0.1) is 0 Å². The van der Waals surface area contributed by atoms with Crippen molar-refractivity contribution in [2.75, 3.05) is 11.9 Å². The maximum absolute atomic E-state index is 13.1. The van der Waals surface area contributed by atoms with Crippen molar-refractivity contribution >= 4 is 29.5 Å². The van der Waals surface area contributed by atoms with E-state index >= 15 is 0 Å². The van der Waals surface area contributed by atoms with Crippen molar-refractivity contribution in [3.8, 4) is 0 Å². The normalized spacial score (nSPS) is 16.7. The lowest BCUT2D eigenvalue weighted by molar-refractivity contribution is -0.155. The Bertz CT molecular complexity index is 763. The summed E-state index contributed by atoms with van der Waals surface area (Å²) in [4.78, 5) is 49.4. The van der Waals surface area contributed by atoms with E-state index in [1.54, 1.807) is 13.8 Å². The van der Waals surface area contributed by atoms with E-state index in [4.69, 9.17) is 4.74 Å². The van der Waals surface area contributed by atoms with E-state index in [1.165, 1.54) is 25.1 Å². The predicted molar refractivity (Wildman–Crippen MR) is 94.1 cm³/mol. The van der Waals surface area contributed by atoms with Crippen molar-refractivity contribution in [3.05, 3.63) is 30.1 Å². The molecule has 2 N–H and O–H groups in total. The van der Waals surface area contributed by atoms with Crippen molar-refractivity contribution < 1.29 is 28.3 Å². The van der Waals surface area contributed by atoms with Crippen LogP contribution in [0.25, 0.3) is 0 Å². The van der Waals surface area contributed by atoms with Crippen LogP contribution in [0.1, 0.15) is 33.6 Å². The number of carbonyl (C=O) groups excluding carboxylic acids is 4. The summed E-state index contributed by atoms with van der Waals surface area (Å²) in [7, 11) is 0. The van der Waals surface area contributed by atoms with E-state index in [0.717, 1.165) is 11.0 Å². The average Bonchev–Trinajstić information content (AvgIpc) is 2.86. The van der Waals surface area contributed by atoms with E-state index in [0.29, 0.717) is 12.8 Å². The van der Waals surface area contributed by atoms with E-state index in [9.17, 15) is 23.6 Å². The number of nitrogens with one attached hydrogen (secondary N) is 2. The van der Waals surface area contributed by atoms with Crippen LogP contribution in [0.15, 0.2) is 24.3 Å². The minimum atomic E-state index is -1.19. The monoisotopic (exact) mass is 379 g/mol. The lowest BCUT2D eigenvalue weighted by atomic mass is 9.93. The number of anilines is 1. The predicted octanol–water partition coefficient (Wildman–Crippen LogP) is 1.81. The molecule has 0 bridgehead atoms. The molecule has 0 saturated carbocycles. The Balaban J connectivity index is 1.94. The summed E-state index contributed by atoms with van der Waals surface area (Å²) in [6.45, 7) is 4.27. The number of imide groups is 1. The number of nitrogens with zero attached hydrogens (tertiary/aromatic N) is 1. The van der Waals surface area contributed by atoms with Gasteiger partial charge in [0.15, 0.2) is 6.10 Å². The fraction of sp³-hybridized carbons (Fsp3) is 0.444. The van der Waals surface area contributed by atoms with Crippen molar-refractivity contribution in [1.82, 2.24) is 10.2 Å². The van der Waals surface area contributed by atoms with Crippen LogP contribution in [0, 0.1) is 5.82 Å². The first-order chi connectivity index (χ1) is 12.7. The Labute approximate surface area is 156 Å². The molecule has 1 aromatic rings. The van der Waals surface area contributed by atoms with E-state index in [1.807, 2.05) is 0 Å². The van der Waals surface area contributed by atoms with Gasteiger partial charge in [-0.05, 0) is 38.0 Å². The zero-order valence-electron chi connectivity index (χ0n) is 15.4. The minimum Gasteiger partial charge on any atom is -0.451 e. The molecule has 0 unspecified atom stereocenters. The van der Waals surface area contributed by atoms with Crippen LogP contribution < -0.4 is 10.6 Å². The fourth-order valence-electron chi connectivity index (χ4n) is 2.78.